The van der Waals surface area contributed by atoms with Crippen LogP contribution >= 0.6 is 0 Å². The third-order valence-corrected chi connectivity index (χ3v) is 5.02. The lowest BCUT2D eigenvalue weighted by Crippen LogP contribution is -2.34. The van der Waals surface area contributed by atoms with Crippen LogP contribution in [0.1, 0.15) is 28.4 Å². The molecule has 33 heavy (non-hydrogen) atoms. The lowest BCUT2D eigenvalue weighted by atomic mass is 9.98. The summed E-state index contributed by atoms with van der Waals surface area (Å²) in [5.41, 5.74) is 0.532. The van der Waals surface area contributed by atoms with E-state index in [4.69, 9.17) is 0 Å². The van der Waals surface area contributed by atoms with Gasteiger partial charge < -0.3 is 10.6 Å². The fraction of sp³-hybridized carbons (Fsp3) is 0.125. The molecule has 2 N–H and O–H groups in total. The number of amides is 2. The molecule has 0 aliphatic carbocycles. The highest BCUT2D eigenvalue weighted by Crippen LogP contribution is 2.35. The lowest BCUT2D eigenvalue weighted by Gasteiger charge is -2.23. The first kappa shape index (κ1) is 22.2. The molecule has 4 rings (SSSR count). The van der Waals surface area contributed by atoms with Gasteiger partial charge in [-0.15, -0.1) is 0 Å². The first-order valence-corrected chi connectivity index (χ1v) is 9.94. The molecule has 2 amide bonds. The van der Waals surface area contributed by atoms with E-state index in [-0.39, 0.29) is 5.69 Å². The molecule has 0 fully saturated rings. The molecule has 2 heterocycles. The van der Waals surface area contributed by atoms with Crippen molar-refractivity contribution in [1.29, 1.82) is 0 Å². The van der Waals surface area contributed by atoms with Crippen molar-refractivity contribution in [1.82, 2.24) is 15.3 Å². The Balaban J connectivity index is 1.66. The summed E-state index contributed by atoms with van der Waals surface area (Å²) in [6, 6.07) is 14.6. The summed E-state index contributed by atoms with van der Waals surface area (Å²) in [6.07, 6.45) is -1.81. The molecule has 9 heteroatoms. The molecule has 0 saturated heterocycles. The zero-order chi connectivity index (χ0) is 23.4. The highest BCUT2D eigenvalue weighted by molar-refractivity contribution is 5.93. The fourth-order valence-corrected chi connectivity index (χ4v) is 3.45. The molecular weight excluding hydrogens is 436 g/mol. The SMILES string of the molecule is O=C(Nc1ccc2ncccc2c1)N[C@@H](c1ccc(CF)cc1)c1ncccc1C(F)(F)F. The molecule has 0 unspecified atom stereocenters. The monoisotopic (exact) mass is 454 g/mol. The van der Waals surface area contributed by atoms with Crippen LogP contribution in [0.5, 0.6) is 0 Å². The van der Waals surface area contributed by atoms with Crippen molar-refractivity contribution in [2.75, 3.05) is 5.32 Å². The number of urea groups is 1. The Morgan fingerprint density at radius 3 is 2.39 bits per heavy atom. The van der Waals surface area contributed by atoms with Gasteiger partial charge in [-0.05, 0) is 47.5 Å². The molecule has 0 aliphatic rings. The van der Waals surface area contributed by atoms with Crippen LogP contribution in [-0.2, 0) is 12.9 Å². The number of carbonyl (C=O) groups is 1. The minimum atomic E-state index is -4.68. The normalized spacial score (nSPS) is 12.4. The Hall–Kier alpha value is -4.01. The average Bonchev–Trinajstić information content (AvgIpc) is 2.82. The molecule has 0 bridgehead atoms. The van der Waals surface area contributed by atoms with Crippen LogP contribution in [0.15, 0.2) is 79.1 Å². The topological polar surface area (TPSA) is 66.9 Å². The minimum absolute atomic E-state index is 0.328. The van der Waals surface area contributed by atoms with Crippen LogP contribution in [0.25, 0.3) is 10.9 Å². The maximum Gasteiger partial charge on any atom is 0.418 e. The molecule has 0 aliphatic heterocycles. The number of nitrogens with one attached hydrogen (secondary N) is 2. The van der Waals surface area contributed by atoms with Gasteiger partial charge in [-0.3, -0.25) is 9.97 Å². The molecule has 2 aromatic carbocycles. The summed E-state index contributed by atoms with van der Waals surface area (Å²) in [5.74, 6) is 0. The van der Waals surface area contributed by atoms with Crippen LogP contribution < -0.4 is 10.6 Å². The van der Waals surface area contributed by atoms with Crippen molar-refractivity contribution in [2.24, 2.45) is 0 Å². The number of pyridine rings is 2. The maximum absolute atomic E-state index is 13.7. The van der Waals surface area contributed by atoms with Crippen molar-refractivity contribution < 1.29 is 22.4 Å². The Labute approximate surface area is 186 Å². The molecule has 2 aromatic heterocycles. The van der Waals surface area contributed by atoms with Gasteiger partial charge in [-0.25, -0.2) is 9.18 Å². The maximum atomic E-state index is 13.7. The van der Waals surface area contributed by atoms with Crippen LogP contribution in [-0.4, -0.2) is 16.0 Å². The number of carbonyl (C=O) groups excluding carboxylic acids is 1. The largest absolute Gasteiger partial charge is 0.418 e. The van der Waals surface area contributed by atoms with Crippen molar-refractivity contribution in [3.8, 4) is 0 Å². The van der Waals surface area contributed by atoms with Gasteiger partial charge in [0.1, 0.15) is 6.67 Å². The number of alkyl halides is 4. The number of nitrogens with zero attached hydrogens (tertiary/aromatic N) is 2. The van der Waals surface area contributed by atoms with Gasteiger partial charge in [-0.2, -0.15) is 13.2 Å². The molecule has 0 saturated carbocycles. The third-order valence-electron chi connectivity index (χ3n) is 5.02. The van der Waals surface area contributed by atoms with Gasteiger partial charge in [0.25, 0.3) is 0 Å². The van der Waals surface area contributed by atoms with E-state index in [2.05, 4.69) is 20.6 Å². The Kier molecular flexibility index (Phi) is 6.21. The predicted molar refractivity (Wildman–Crippen MR) is 116 cm³/mol. The van der Waals surface area contributed by atoms with Crippen LogP contribution in [0.4, 0.5) is 28.0 Å². The zero-order valence-corrected chi connectivity index (χ0v) is 17.1. The second kappa shape index (κ2) is 9.23. The van der Waals surface area contributed by atoms with Gasteiger partial charge in [-0.1, -0.05) is 30.3 Å². The van der Waals surface area contributed by atoms with Crippen molar-refractivity contribution >= 4 is 22.6 Å². The summed E-state index contributed by atoms with van der Waals surface area (Å²) in [7, 11) is 0. The predicted octanol–water partition coefficient (Wildman–Crippen LogP) is 6.03. The number of anilines is 1. The zero-order valence-electron chi connectivity index (χ0n) is 17.1. The highest BCUT2D eigenvalue weighted by atomic mass is 19.4. The Bertz CT molecular complexity index is 1280. The van der Waals surface area contributed by atoms with Gasteiger partial charge in [0.05, 0.1) is 22.8 Å². The Morgan fingerprint density at radius 2 is 1.67 bits per heavy atom. The second-order valence-electron chi connectivity index (χ2n) is 7.25. The van der Waals surface area contributed by atoms with Crippen molar-refractivity contribution in [3.05, 3.63) is 102 Å². The van der Waals surface area contributed by atoms with Crippen LogP contribution in [0.2, 0.25) is 0 Å². The lowest BCUT2D eigenvalue weighted by molar-refractivity contribution is -0.138. The quantitative estimate of drug-likeness (QED) is 0.362. The van der Waals surface area contributed by atoms with Gasteiger partial charge in [0, 0.05) is 23.5 Å². The number of hydrogen-bond donors (Lipinski definition) is 2. The van der Waals surface area contributed by atoms with E-state index in [0.717, 1.165) is 17.0 Å². The van der Waals surface area contributed by atoms with Gasteiger partial charge in [0.15, 0.2) is 0 Å². The number of rotatable bonds is 5. The van der Waals surface area contributed by atoms with Gasteiger partial charge in [0.2, 0.25) is 0 Å². The summed E-state index contributed by atoms with van der Waals surface area (Å²) in [6.45, 7) is -0.715. The number of hydrogen-bond acceptors (Lipinski definition) is 3. The standard InChI is InChI=1S/C24H18F4N4O/c25-14-15-5-7-16(8-6-15)21(22-19(24(26,27)28)4-2-12-30-22)32-23(33)31-18-9-10-20-17(13-18)3-1-11-29-20/h1-13,21H,14H2,(H2,31,32,33)/t21-/m0/s1. The van der Waals surface area contributed by atoms with E-state index in [1.165, 1.54) is 36.5 Å². The summed E-state index contributed by atoms with van der Waals surface area (Å²) in [4.78, 5) is 20.9. The first-order valence-electron chi connectivity index (χ1n) is 9.94. The Morgan fingerprint density at radius 1 is 0.939 bits per heavy atom. The molecule has 4 aromatic rings. The summed E-state index contributed by atoms with van der Waals surface area (Å²) in [5, 5.41) is 6.00. The van der Waals surface area contributed by atoms with E-state index >= 15 is 0 Å². The highest BCUT2D eigenvalue weighted by Gasteiger charge is 2.37. The summed E-state index contributed by atoms with van der Waals surface area (Å²) < 4.78 is 53.9. The van der Waals surface area contributed by atoms with E-state index in [1.54, 1.807) is 30.5 Å². The molecule has 1 atom stereocenters. The number of halogens is 4. The third kappa shape index (κ3) is 5.08. The molecule has 5 nitrogen and oxygen atoms in total. The molecular formula is C24H18F4N4O. The van der Waals surface area contributed by atoms with Crippen molar-refractivity contribution in [3.63, 3.8) is 0 Å². The van der Waals surface area contributed by atoms with E-state index in [0.29, 0.717) is 16.8 Å². The number of aromatic nitrogens is 2. The average molecular weight is 454 g/mol. The van der Waals surface area contributed by atoms with Crippen LogP contribution in [0, 0.1) is 0 Å². The van der Waals surface area contributed by atoms with E-state index < -0.39 is 30.5 Å². The number of fused-ring (bicyclic) bond motifs is 1. The van der Waals surface area contributed by atoms with Crippen molar-refractivity contribution in [2.45, 2.75) is 18.9 Å². The van der Waals surface area contributed by atoms with Crippen LogP contribution in [0.3, 0.4) is 0 Å². The molecule has 168 valence electrons. The van der Waals surface area contributed by atoms with Gasteiger partial charge >= 0.3 is 12.2 Å². The van der Waals surface area contributed by atoms with E-state index in [9.17, 15) is 22.4 Å². The fourth-order valence-electron chi connectivity index (χ4n) is 3.45. The van der Waals surface area contributed by atoms with E-state index in [1.807, 2.05) is 6.07 Å². The second-order valence-corrected chi connectivity index (χ2v) is 7.25. The first-order chi connectivity index (χ1) is 15.8. The smallest absolute Gasteiger partial charge is 0.325 e. The minimum Gasteiger partial charge on any atom is -0.325 e. The molecule has 0 radical (unpaired) electrons. The number of benzene rings is 2. The summed E-state index contributed by atoms with van der Waals surface area (Å²) >= 11 is 0. The molecule has 0 spiro atoms.